The summed E-state index contributed by atoms with van der Waals surface area (Å²) in [4.78, 5) is 32.7. The van der Waals surface area contributed by atoms with Crippen LogP contribution in [0, 0.1) is 0 Å². The van der Waals surface area contributed by atoms with Crippen molar-refractivity contribution in [2.24, 2.45) is 0 Å². The van der Waals surface area contributed by atoms with Crippen LogP contribution in [0.3, 0.4) is 0 Å². The van der Waals surface area contributed by atoms with Gasteiger partial charge in [0, 0.05) is 13.3 Å². The Morgan fingerprint density at radius 1 is 0.644 bits per heavy atom. The molecule has 0 fully saturated rings. The van der Waals surface area contributed by atoms with E-state index in [-0.39, 0.29) is 6.42 Å². The Labute approximate surface area is 272 Å². The van der Waals surface area contributed by atoms with E-state index in [1.165, 1.54) is 89.9 Å². The van der Waals surface area contributed by atoms with Crippen LogP contribution < -0.4 is 0 Å². The van der Waals surface area contributed by atoms with Gasteiger partial charge in [-0.2, -0.15) is 0 Å². The van der Waals surface area contributed by atoms with E-state index in [4.69, 9.17) is 19.1 Å². The molecule has 0 aromatic heterocycles. The lowest BCUT2D eigenvalue weighted by Crippen LogP contribution is -2.28. The predicted molar refractivity (Wildman–Crippen MR) is 178 cm³/mol. The molecule has 0 spiro atoms. The minimum Gasteiger partial charge on any atom is -0.458 e. The van der Waals surface area contributed by atoms with Gasteiger partial charge in [-0.3, -0.25) is 18.6 Å². The summed E-state index contributed by atoms with van der Waals surface area (Å²) < 4.78 is 31.3. The third-order valence-electron chi connectivity index (χ3n) is 7.22. The lowest BCUT2D eigenvalue weighted by Gasteiger charge is -2.20. The third kappa shape index (κ3) is 30.8. The van der Waals surface area contributed by atoms with Crippen LogP contribution in [0.1, 0.15) is 142 Å². The van der Waals surface area contributed by atoms with Crippen molar-refractivity contribution in [1.82, 2.24) is 0 Å². The first-order valence-corrected chi connectivity index (χ1v) is 18.7. The Morgan fingerprint density at radius 2 is 1.07 bits per heavy atom. The van der Waals surface area contributed by atoms with Gasteiger partial charge < -0.3 is 24.6 Å². The van der Waals surface area contributed by atoms with Crippen molar-refractivity contribution in [2.45, 2.75) is 154 Å². The molecular formula is C34H63O10P. The van der Waals surface area contributed by atoms with Gasteiger partial charge in [-0.1, -0.05) is 115 Å². The summed E-state index contributed by atoms with van der Waals surface area (Å²) in [5.41, 5.74) is 0. The van der Waals surface area contributed by atoms with Gasteiger partial charge in [-0.25, -0.2) is 4.57 Å². The van der Waals surface area contributed by atoms with E-state index in [1.54, 1.807) is 0 Å². The number of aliphatic hydroxyl groups excluding tert-OH is 2. The molecule has 11 heteroatoms. The Balaban J connectivity index is 3.66. The number of hydrogen-bond donors (Lipinski definition) is 3. The monoisotopic (exact) mass is 662 g/mol. The highest BCUT2D eigenvalue weighted by molar-refractivity contribution is 7.47. The fourth-order valence-corrected chi connectivity index (χ4v) is 5.40. The minimum absolute atomic E-state index is 0.190. The summed E-state index contributed by atoms with van der Waals surface area (Å²) in [5.74, 6) is -1.20. The molecule has 0 aliphatic rings. The van der Waals surface area contributed by atoms with Gasteiger partial charge in [-0.05, 0) is 38.5 Å². The molecule has 0 aliphatic heterocycles. The molecular weight excluding hydrogens is 599 g/mol. The van der Waals surface area contributed by atoms with Crippen molar-refractivity contribution in [3.63, 3.8) is 0 Å². The number of carbonyl (C=O) groups is 2. The van der Waals surface area contributed by atoms with E-state index in [1.807, 2.05) is 0 Å². The summed E-state index contributed by atoms with van der Waals surface area (Å²) in [6, 6.07) is 0. The second-order valence-electron chi connectivity index (χ2n) is 11.6. The molecule has 0 bridgehead atoms. The molecule has 0 rings (SSSR count). The first-order valence-electron chi connectivity index (χ1n) is 17.2. The van der Waals surface area contributed by atoms with Gasteiger partial charge in [0.25, 0.3) is 0 Å². The van der Waals surface area contributed by atoms with Crippen molar-refractivity contribution in [3.05, 3.63) is 24.3 Å². The average Bonchev–Trinajstić information content (AvgIpc) is 3.01. The summed E-state index contributed by atoms with van der Waals surface area (Å²) in [7, 11) is -4.58. The average molecular weight is 663 g/mol. The van der Waals surface area contributed by atoms with Crippen LogP contribution in [-0.2, 0) is 32.7 Å². The van der Waals surface area contributed by atoms with Crippen LogP contribution in [0.15, 0.2) is 24.3 Å². The number of aliphatic hydroxyl groups is 2. The van der Waals surface area contributed by atoms with Gasteiger partial charge in [0.05, 0.1) is 26.4 Å². The fourth-order valence-electron chi connectivity index (χ4n) is 4.61. The van der Waals surface area contributed by atoms with Crippen molar-refractivity contribution >= 4 is 19.8 Å². The Morgan fingerprint density at radius 3 is 1.51 bits per heavy atom. The lowest BCUT2D eigenvalue weighted by molar-refractivity contribution is -0.153. The van der Waals surface area contributed by atoms with Gasteiger partial charge >= 0.3 is 19.8 Å². The smallest absolute Gasteiger partial charge is 0.458 e. The number of phosphoric ester groups is 1. The van der Waals surface area contributed by atoms with E-state index in [0.29, 0.717) is 6.42 Å². The highest BCUT2D eigenvalue weighted by atomic mass is 31.2. The third-order valence-corrected chi connectivity index (χ3v) is 8.17. The highest BCUT2D eigenvalue weighted by Crippen LogP contribution is 2.43. The quantitative estimate of drug-likeness (QED) is 0.0281. The zero-order chi connectivity index (χ0) is 33.4. The molecule has 0 aliphatic carbocycles. The Hall–Kier alpha value is -1.55. The molecule has 0 amide bonds. The molecule has 3 unspecified atom stereocenters. The molecule has 0 aromatic carbocycles. The molecule has 0 aromatic rings. The topological polar surface area (TPSA) is 149 Å². The van der Waals surface area contributed by atoms with E-state index in [0.717, 1.165) is 32.6 Å². The number of rotatable bonds is 32. The second-order valence-corrected chi connectivity index (χ2v) is 13.0. The number of hydrogen-bond acceptors (Lipinski definition) is 9. The normalized spacial score (nSPS) is 14.5. The van der Waals surface area contributed by atoms with Gasteiger partial charge in [-0.15, -0.1) is 0 Å². The van der Waals surface area contributed by atoms with Crippen LogP contribution in [0.25, 0.3) is 0 Å². The maximum absolute atomic E-state index is 12.1. The summed E-state index contributed by atoms with van der Waals surface area (Å²) in [6.45, 7) is 1.06. The summed E-state index contributed by atoms with van der Waals surface area (Å²) in [5, 5.41) is 18.5. The molecule has 45 heavy (non-hydrogen) atoms. The second kappa shape index (κ2) is 31.1. The Bertz CT molecular complexity index is 817. The number of phosphoric acid groups is 1. The van der Waals surface area contributed by atoms with E-state index >= 15 is 0 Å². The first kappa shape index (κ1) is 43.5. The molecule has 10 nitrogen and oxygen atoms in total. The van der Waals surface area contributed by atoms with Crippen molar-refractivity contribution in [1.29, 1.82) is 0 Å². The van der Waals surface area contributed by atoms with Crippen LogP contribution in [-0.4, -0.2) is 65.7 Å². The fraction of sp³-hybridized carbons (Fsp3) is 0.824. The molecule has 3 N–H and O–H groups in total. The number of allylic oxidation sites excluding steroid dienone is 4. The number of ether oxygens (including phenoxy) is 2. The molecule has 3 atom stereocenters. The highest BCUT2D eigenvalue weighted by Gasteiger charge is 2.27. The van der Waals surface area contributed by atoms with Crippen molar-refractivity contribution < 1.29 is 47.8 Å². The predicted octanol–water partition coefficient (Wildman–Crippen LogP) is 7.88. The van der Waals surface area contributed by atoms with Gasteiger partial charge in [0.2, 0.25) is 0 Å². The standard InChI is InChI=1S/C34H63O10P/c1-3-4-5-6-7-8-9-10-11-12-13-14-15-16-17-18-19-20-21-22-23-24-25-26-34(38)44-33(28-36)30-42-45(39,40)41-29-32(27-35)43-31(2)37/h9-10,12-13,32-33,35-36H,3-8,11,14-30H2,1-2H3,(H,39,40)/b10-9-,13-12-. The minimum atomic E-state index is -4.58. The number of unbranched alkanes of at least 4 members (excludes halogenated alkanes) is 16. The zero-order valence-corrected chi connectivity index (χ0v) is 29.0. The van der Waals surface area contributed by atoms with Crippen molar-refractivity contribution in [2.75, 3.05) is 26.4 Å². The van der Waals surface area contributed by atoms with Gasteiger partial charge in [0.15, 0.2) is 0 Å². The molecule has 0 radical (unpaired) electrons. The zero-order valence-electron chi connectivity index (χ0n) is 28.1. The van der Waals surface area contributed by atoms with E-state index < -0.39 is 58.4 Å². The molecule has 0 heterocycles. The molecule has 0 saturated carbocycles. The number of esters is 2. The van der Waals surface area contributed by atoms with E-state index in [9.17, 15) is 24.2 Å². The van der Waals surface area contributed by atoms with Crippen LogP contribution in [0.5, 0.6) is 0 Å². The van der Waals surface area contributed by atoms with Crippen LogP contribution in [0.4, 0.5) is 0 Å². The van der Waals surface area contributed by atoms with Crippen LogP contribution >= 0.6 is 7.82 Å². The van der Waals surface area contributed by atoms with Crippen LogP contribution in [0.2, 0.25) is 0 Å². The SMILES string of the molecule is CCCCCCC/C=C\C/C=C\CCCCCCCCCCCCCC(=O)OC(CO)COP(=O)(O)OCC(CO)OC(C)=O. The first-order chi connectivity index (χ1) is 21.7. The largest absolute Gasteiger partial charge is 0.472 e. The summed E-state index contributed by atoms with van der Waals surface area (Å²) in [6.07, 6.45) is 30.0. The lowest BCUT2D eigenvalue weighted by atomic mass is 10.0. The molecule has 264 valence electrons. The number of carbonyl (C=O) groups excluding carboxylic acids is 2. The van der Waals surface area contributed by atoms with E-state index in [2.05, 4.69) is 35.8 Å². The van der Waals surface area contributed by atoms with Crippen molar-refractivity contribution in [3.8, 4) is 0 Å². The maximum atomic E-state index is 12.1. The molecule has 0 saturated heterocycles. The maximum Gasteiger partial charge on any atom is 0.472 e. The van der Waals surface area contributed by atoms with Gasteiger partial charge in [0.1, 0.15) is 12.2 Å². The Kier molecular flexibility index (Phi) is 30.0. The summed E-state index contributed by atoms with van der Waals surface area (Å²) >= 11 is 0.